The Bertz CT molecular complexity index is 272. The molecule has 0 saturated carbocycles. The Labute approximate surface area is 89.9 Å². The van der Waals surface area contributed by atoms with E-state index in [1.165, 1.54) is 6.92 Å². The van der Waals surface area contributed by atoms with Gasteiger partial charge in [-0.25, -0.2) is 0 Å². The zero-order chi connectivity index (χ0) is 12.0. The topological polar surface area (TPSA) is 72.6 Å². The van der Waals surface area contributed by atoms with Crippen molar-refractivity contribution < 1.29 is 14.3 Å². The summed E-state index contributed by atoms with van der Waals surface area (Å²) in [6.45, 7) is 3.20. The number of likely N-dealkylation sites (N-methyl/N-ethyl adjacent to an activating group) is 1. The molecule has 1 unspecified atom stereocenters. The van der Waals surface area contributed by atoms with Crippen molar-refractivity contribution in [2.24, 2.45) is 5.73 Å². The third-order valence-electron chi connectivity index (χ3n) is 2.01. The van der Waals surface area contributed by atoms with Gasteiger partial charge in [0.2, 0.25) is 5.91 Å². The first-order chi connectivity index (χ1) is 6.90. The van der Waals surface area contributed by atoms with E-state index in [4.69, 9.17) is 5.73 Å². The van der Waals surface area contributed by atoms with Gasteiger partial charge in [0.15, 0.2) is 0 Å². The fraction of sp³-hybridized carbons (Fsp3) is 0.600. The molecule has 1 atom stereocenters. The van der Waals surface area contributed by atoms with Crippen LogP contribution in [0.1, 0.15) is 20.3 Å². The Balaban J connectivity index is 4.85. The van der Waals surface area contributed by atoms with E-state index in [0.29, 0.717) is 12.0 Å². The Morgan fingerprint density at radius 3 is 2.27 bits per heavy atom. The summed E-state index contributed by atoms with van der Waals surface area (Å²) in [5, 5.41) is 0. The van der Waals surface area contributed by atoms with Crippen LogP contribution in [0.5, 0.6) is 0 Å². The Morgan fingerprint density at radius 2 is 2.00 bits per heavy atom. The molecule has 0 rings (SSSR count). The molecule has 1 amide bonds. The monoisotopic (exact) mass is 214 g/mol. The van der Waals surface area contributed by atoms with Crippen molar-refractivity contribution >= 4 is 11.9 Å². The van der Waals surface area contributed by atoms with Crippen LogP contribution in [0, 0.1) is 0 Å². The van der Waals surface area contributed by atoms with Gasteiger partial charge in [-0.2, -0.15) is 0 Å². The summed E-state index contributed by atoms with van der Waals surface area (Å²) in [5.74, 6) is -1.04. The largest absolute Gasteiger partial charge is 0.434 e. The summed E-state index contributed by atoms with van der Waals surface area (Å²) in [6.07, 6.45) is 1.85. The van der Waals surface area contributed by atoms with Gasteiger partial charge >= 0.3 is 5.97 Å². The zero-order valence-corrected chi connectivity index (χ0v) is 9.61. The molecule has 86 valence electrons. The summed E-state index contributed by atoms with van der Waals surface area (Å²) < 4.78 is 4.67. The Kier molecular flexibility index (Phi) is 5.62. The molecular formula is C10H18N2O3. The second-order valence-corrected chi connectivity index (χ2v) is 3.43. The molecule has 5 nitrogen and oxygen atoms in total. The number of carbonyl (C=O) groups is 2. The maximum absolute atomic E-state index is 11.2. The number of hydrogen-bond donors (Lipinski definition) is 1. The molecule has 0 aromatic rings. The van der Waals surface area contributed by atoms with Gasteiger partial charge in [0.05, 0.1) is 5.57 Å². The zero-order valence-electron chi connectivity index (χ0n) is 9.61. The maximum atomic E-state index is 11.2. The average Bonchev–Trinajstić information content (AvgIpc) is 2.10. The van der Waals surface area contributed by atoms with Crippen LogP contribution < -0.4 is 5.73 Å². The van der Waals surface area contributed by atoms with E-state index in [1.807, 2.05) is 25.9 Å². The Morgan fingerprint density at radius 1 is 1.47 bits per heavy atom. The van der Waals surface area contributed by atoms with Crippen LogP contribution in [0.25, 0.3) is 0 Å². The first kappa shape index (κ1) is 13.6. The molecule has 0 aromatic heterocycles. The van der Waals surface area contributed by atoms with Gasteiger partial charge in [-0.1, -0.05) is 6.92 Å². The lowest BCUT2D eigenvalue weighted by Crippen LogP contribution is -2.35. The van der Waals surface area contributed by atoms with E-state index in [9.17, 15) is 9.59 Å². The molecule has 0 saturated heterocycles. The van der Waals surface area contributed by atoms with Crippen LogP contribution in [-0.2, 0) is 14.3 Å². The SMILES string of the molecule is CCC(/C(=C/OC(C)=O)C(N)=O)N(C)C. The summed E-state index contributed by atoms with van der Waals surface area (Å²) in [4.78, 5) is 23.6. The highest BCUT2D eigenvalue weighted by atomic mass is 16.5. The van der Waals surface area contributed by atoms with Crippen molar-refractivity contribution in [2.45, 2.75) is 26.3 Å². The van der Waals surface area contributed by atoms with Crippen LogP contribution in [0.4, 0.5) is 0 Å². The molecule has 15 heavy (non-hydrogen) atoms. The van der Waals surface area contributed by atoms with Crippen molar-refractivity contribution in [1.29, 1.82) is 0 Å². The number of nitrogens with zero attached hydrogens (tertiary/aromatic N) is 1. The predicted octanol–water partition coefficient (Wildman–Crippen LogP) is 0.259. The van der Waals surface area contributed by atoms with Crippen LogP contribution in [-0.4, -0.2) is 36.9 Å². The molecule has 0 heterocycles. The van der Waals surface area contributed by atoms with Crippen molar-refractivity contribution in [3.8, 4) is 0 Å². The number of carbonyl (C=O) groups excluding carboxylic acids is 2. The van der Waals surface area contributed by atoms with Gasteiger partial charge < -0.3 is 15.4 Å². The number of esters is 1. The van der Waals surface area contributed by atoms with Crippen molar-refractivity contribution in [1.82, 2.24) is 4.90 Å². The van der Waals surface area contributed by atoms with Gasteiger partial charge in [0.1, 0.15) is 6.26 Å². The normalized spacial score (nSPS) is 13.8. The third-order valence-corrected chi connectivity index (χ3v) is 2.01. The predicted molar refractivity (Wildman–Crippen MR) is 56.8 cm³/mol. The number of amides is 1. The van der Waals surface area contributed by atoms with E-state index >= 15 is 0 Å². The van der Waals surface area contributed by atoms with Gasteiger partial charge in [-0.05, 0) is 20.5 Å². The van der Waals surface area contributed by atoms with Gasteiger partial charge in [0.25, 0.3) is 0 Å². The van der Waals surface area contributed by atoms with Crippen molar-refractivity contribution in [2.75, 3.05) is 14.1 Å². The molecule has 0 spiro atoms. The second-order valence-electron chi connectivity index (χ2n) is 3.43. The van der Waals surface area contributed by atoms with E-state index < -0.39 is 11.9 Å². The number of hydrogen-bond acceptors (Lipinski definition) is 4. The highest BCUT2D eigenvalue weighted by molar-refractivity contribution is 5.93. The fourth-order valence-corrected chi connectivity index (χ4v) is 1.31. The standard InChI is InChI=1S/C10H18N2O3/c1-5-9(12(3)4)8(10(11)14)6-15-7(2)13/h6,9H,5H2,1-4H3,(H2,11,14)/b8-6-. The first-order valence-electron chi connectivity index (χ1n) is 4.73. The minimum Gasteiger partial charge on any atom is -0.434 e. The molecule has 2 N–H and O–H groups in total. The van der Waals surface area contributed by atoms with Crippen molar-refractivity contribution in [3.63, 3.8) is 0 Å². The summed E-state index contributed by atoms with van der Waals surface area (Å²) in [6, 6.07) is -0.137. The van der Waals surface area contributed by atoms with Gasteiger partial charge in [0, 0.05) is 13.0 Å². The van der Waals surface area contributed by atoms with Gasteiger partial charge in [-0.15, -0.1) is 0 Å². The summed E-state index contributed by atoms with van der Waals surface area (Å²) >= 11 is 0. The summed E-state index contributed by atoms with van der Waals surface area (Å²) in [7, 11) is 3.66. The molecule has 0 fully saturated rings. The van der Waals surface area contributed by atoms with Crippen LogP contribution in [0.3, 0.4) is 0 Å². The molecule has 0 aliphatic carbocycles. The number of primary amides is 1. The molecule has 0 aliphatic heterocycles. The van der Waals surface area contributed by atoms with Gasteiger partial charge in [-0.3, -0.25) is 9.59 Å². The lowest BCUT2D eigenvalue weighted by atomic mass is 10.0. The Hall–Kier alpha value is -1.36. The van der Waals surface area contributed by atoms with E-state index in [-0.39, 0.29) is 6.04 Å². The summed E-state index contributed by atoms with van der Waals surface area (Å²) in [5.41, 5.74) is 5.52. The number of rotatable bonds is 5. The van der Waals surface area contributed by atoms with E-state index in [1.54, 1.807) is 0 Å². The molecule has 0 aliphatic rings. The quantitative estimate of drug-likeness (QED) is 0.405. The van der Waals surface area contributed by atoms with E-state index in [2.05, 4.69) is 4.74 Å². The van der Waals surface area contributed by atoms with Crippen molar-refractivity contribution in [3.05, 3.63) is 11.8 Å². The highest BCUT2D eigenvalue weighted by Gasteiger charge is 2.20. The molecule has 5 heteroatoms. The van der Waals surface area contributed by atoms with Crippen LogP contribution in [0.15, 0.2) is 11.8 Å². The highest BCUT2D eigenvalue weighted by Crippen LogP contribution is 2.11. The van der Waals surface area contributed by atoms with Crippen LogP contribution in [0.2, 0.25) is 0 Å². The first-order valence-corrected chi connectivity index (χ1v) is 4.73. The molecule has 0 bridgehead atoms. The maximum Gasteiger partial charge on any atom is 0.307 e. The lowest BCUT2D eigenvalue weighted by molar-refractivity contribution is -0.135. The lowest BCUT2D eigenvalue weighted by Gasteiger charge is -2.23. The van der Waals surface area contributed by atoms with Crippen LogP contribution >= 0.6 is 0 Å². The third kappa shape index (κ3) is 4.60. The number of nitrogens with two attached hydrogens (primary N) is 1. The average molecular weight is 214 g/mol. The minimum atomic E-state index is -0.572. The smallest absolute Gasteiger partial charge is 0.307 e. The minimum absolute atomic E-state index is 0.137. The second kappa shape index (κ2) is 6.19. The molecular weight excluding hydrogens is 196 g/mol. The van der Waals surface area contributed by atoms with E-state index in [0.717, 1.165) is 6.26 Å². The number of ether oxygens (including phenoxy) is 1. The fourth-order valence-electron chi connectivity index (χ4n) is 1.31. The molecule has 0 radical (unpaired) electrons. The molecule has 0 aromatic carbocycles.